The monoisotopic (exact) mass is 374 g/mol. The van der Waals surface area contributed by atoms with Gasteiger partial charge in [0, 0.05) is 17.1 Å². The van der Waals surface area contributed by atoms with Crippen molar-refractivity contribution in [3.63, 3.8) is 0 Å². The number of rotatable bonds is 4. The van der Waals surface area contributed by atoms with Gasteiger partial charge >= 0.3 is 0 Å². The third-order valence-corrected chi connectivity index (χ3v) is 5.95. The summed E-state index contributed by atoms with van der Waals surface area (Å²) in [6.07, 6.45) is 8.81. The Morgan fingerprint density at radius 1 is 1.32 bits per heavy atom. The highest BCUT2D eigenvalue weighted by Gasteiger charge is 2.29. The number of amides is 1. The number of aromatic amines is 1. The predicted molar refractivity (Wildman–Crippen MR) is 101 cm³/mol. The Kier molecular flexibility index (Phi) is 4.72. The smallest absolute Gasteiger partial charge is 0.232 e. The Bertz CT molecular complexity index is 870. The number of carbonyl (C=O) groups is 1. The van der Waals surface area contributed by atoms with Crippen molar-refractivity contribution in [3.8, 4) is 0 Å². The van der Waals surface area contributed by atoms with Gasteiger partial charge in [-0.15, -0.1) is 0 Å². The molecule has 0 bridgehead atoms. The van der Waals surface area contributed by atoms with E-state index in [-0.39, 0.29) is 11.8 Å². The fraction of sp³-hybridized carbons (Fsp3) is 0.389. The standard InChI is InChI=1S/C18H19ClN4OS/c19-13-6-7-15-16(8-13)25-18(22-15)23(10-14-9-20-11-21-14)17(24)12-4-2-1-3-5-12/h6-9,11-12H,1-5,10H2,(H,20,21). The van der Waals surface area contributed by atoms with Gasteiger partial charge in [-0.1, -0.05) is 42.2 Å². The van der Waals surface area contributed by atoms with E-state index in [1.165, 1.54) is 17.8 Å². The molecule has 0 aliphatic heterocycles. The Hall–Kier alpha value is -1.92. The molecule has 1 aliphatic rings. The van der Waals surface area contributed by atoms with E-state index in [4.69, 9.17) is 11.6 Å². The zero-order valence-corrected chi connectivity index (χ0v) is 15.3. The minimum Gasteiger partial charge on any atom is -0.347 e. The van der Waals surface area contributed by atoms with Gasteiger partial charge in [0.25, 0.3) is 0 Å². The van der Waals surface area contributed by atoms with Crippen LogP contribution in [-0.2, 0) is 11.3 Å². The fourth-order valence-electron chi connectivity index (χ4n) is 3.35. The minimum atomic E-state index is 0.0901. The number of hydrogen-bond donors (Lipinski definition) is 1. The lowest BCUT2D eigenvalue weighted by Crippen LogP contribution is -2.36. The van der Waals surface area contributed by atoms with Gasteiger partial charge in [0.05, 0.1) is 28.8 Å². The second-order valence-corrected chi connectivity index (χ2v) is 7.89. The van der Waals surface area contributed by atoms with Crippen LogP contribution in [0.3, 0.4) is 0 Å². The van der Waals surface area contributed by atoms with Crippen molar-refractivity contribution in [3.05, 3.63) is 41.4 Å². The number of fused-ring (bicyclic) bond motifs is 1. The van der Waals surface area contributed by atoms with Gasteiger partial charge in [0.1, 0.15) is 0 Å². The number of halogens is 1. The molecule has 1 fully saturated rings. The zero-order valence-electron chi connectivity index (χ0n) is 13.7. The summed E-state index contributed by atoms with van der Waals surface area (Å²) in [6, 6.07) is 5.63. The van der Waals surface area contributed by atoms with Crippen molar-refractivity contribution in [2.45, 2.75) is 38.6 Å². The maximum absolute atomic E-state index is 13.2. The first-order valence-corrected chi connectivity index (χ1v) is 9.75. The predicted octanol–water partition coefficient (Wildman–Crippen LogP) is 4.79. The van der Waals surface area contributed by atoms with Crippen molar-refractivity contribution in [2.24, 2.45) is 5.92 Å². The lowest BCUT2D eigenvalue weighted by molar-refractivity contribution is -0.123. The maximum Gasteiger partial charge on any atom is 0.232 e. The quantitative estimate of drug-likeness (QED) is 0.714. The van der Waals surface area contributed by atoms with E-state index in [1.807, 2.05) is 23.1 Å². The molecular formula is C18H19ClN4OS. The maximum atomic E-state index is 13.2. The largest absolute Gasteiger partial charge is 0.347 e. The van der Waals surface area contributed by atoms with E-state index in [0.29, 0.717) is 11.6 Å². The van der Waals surface area contributed by atoms with Crippen molar-refractivity contribution >= 4 is 44.2 Å². The van der Waals surface area contributed by atoms with Crippen LogP contribution in [0.5, 0.6) is 0 Å². The van der Waals surface area contributed by atoms with Gasteiger partial charge < -0.3 is 4.98 Å². The van der Waals surface area contributed by atoms with Crippen LogP contribution >= 0.6 is 22.9 Å². The van der Waals surface area contributed by atoms with E-state index in [0.717, 1.165) is 46.7 Å². The molecule has 3 aromatic rings. The highest BCUT2D eigenvalue weighted by Crippen LogP contribution is 2.34. The van der Waals surface area contributed by atoms with E-state index in [2.05, 4.69) is 15.0 Å². The zero-order chi connectivity index (χ0) is 17.2. The second kappa shape index (κ2) is 7.14. The molecule has 1 amide bonds. The molecule has 0 spiro atoms. The third kappa shape index (κ3) is 3.55. The summed E-state index contributed by atoms with van der Waals surface area (Å²) >= 11 is 7.60. The molecule has 1 aliphatic carbocycles. The number of H-pyrrole nitrogens is 1. The van der Waals surface area contributed by atoms with Crippen LogP contribution in [0.15, 0.2) is 30.7 Å². The Morgan fingerprint density at radius 2 is 2.16 bits per heavy atom. The van der Waals surface area contributed by atoms with Crippen LogP contribution in [-0.4, -0.2) is 20.9 Å². The number of imidazole rings is 1. The van der Waals surface area contributed by atoms with Crippen molar-refractivity contribution in [1.82, 2.24) is 15.0 Å². The average Bonchev–Trinajstić information content (AvgIpc) is 3.28. The van der Waals surface area contributed by atoms with Crippen LogP contribution < -0.4 is 4.90 Å². The molecule has 5 nitrogen and oxygen atoms in total. The van der Waals surface area contributed by atoms with E-state index >= 15 is 0 Å². The number of benzene rings is 1. The number of hydrogen-bond acceptors (Lipinski definition) is 4. The van der Waals surface area contributed by atoms with Crippen LogP contribution in [0.25, 0.3) is 10.2 Å². The van der Waals surface area contributed by atoms with Crippen LogP contribution in [0.4, 0.5) is 5.13 Å². The van der Waals surface area contributed by atoms with Crippen LogP contribution in [0, 0.1) is 5.92 Å². The topological polar surface area (TPSA) is 61.9 Å². The highest BCUT2D eigenvalue weighted by molar-refractivity contribution is 7.22. The van der Waals surface area contributed by atoms with Gasteiger partial charge in [0.15, 0.2) is 5.13 Å². The minimum absolute atomic E-state index is 0.0901. The van der Waals surface area contributed by atoms with Gasteiger partial charge in [-0.05, 0) is 31.0 Å². The van der Waals surface area contributed by atoms with Gasteiger partial charge in [0.2, 0.25) is 5.91 Å². The normalized spacial score (nSPS) is 15.6. The molecule has 0 radical (unpaired) electrons. The van der Waals surface area contributed by atoms with Gasteiger partial charge in [-0.25, -0.2) is 9.97 Å². The Labute approximate surface area is 155 Å². The SMILES string of the molecule is O=C(C1CCCCC1)N(Cc1cnc[nH]1)c1nc2ccc(Cl)cc2s1. The first-order valence-electron chi connectivity index (χ1n) is 8.55. The molecule has 25 heavy (non-hydrogen) atoms. The summed E-state index contributed by atoms with van der Waals surface area (Å²) in [5.41, 5.74) is 1.77. The summed E-state index contributed by atoms with van der Waals surface area (Å²) in [4.78, 5) is 26.8. The number of nitrogens with one attached hydrogen (secondary N) is 1. The first-order chi connectivity index (χ1) is 12.2. The number of aromatic nitrogens is 3. The molecule has 0 atom stereocenters. The Balaban J connectivity index is 1.68. The molecule has 0 saturated heterocycles. The second-order valence-electron chi connectivity index (χ2n) is 6.44. The molecular weight excluding hydrogens is 356 g/mol. The highest BCUT2D eigenvalue weighted by atomic mass is 35.5. The van der Waals surface area contributed by atoms with Gasteiger partial charge in [-0.3, -0.25) is 9.69 Å². The number of anilines is 1. The molecule has 0 unspecified atom stereocenters. The molecule has 2 aromatic heterocycles. The number of carbonyl (C=O) groups excluding carboxylic acids is 1. The summed E-state index contributed by atoms with van der Waals surface area (Å²) < 4.78 is 0.994. The molecule has 1 saturated carbocycles. The van der Waals surface area contributed by atoms with E-state index in [1.54, 1.807) is 12.5 Å². The summed E-state index contributed by atoms with van der Waals surface area (Å²) in [6.45, 7) is 0.461. The first kappa shape index (κ1) is 16.5. The van der Waals surface area contributed by atoms with Crippen molar-refractivity contribution in [2.75, 3.05) is 4.90 Å². The van der Waals surface area contributed by atoms with E-state index < -0.39 is 0 Å². The van der Waals surface area contributed by atoms with Crippen molar-refractivity contribution in [1.29, 1.82) is 0 Å². The van der Waals surface area contributed by atoms with E-state index in [9.17, 15) is 4.79 Å². The fourth-order valence-corrected chi connectivity index (χ4v) is 4.60. The summed E-state index contributed by atoms with van der Waals surface area (Å²) in [7, 11) is 0. The van der Waals surface area contributed by atoms with Crippen LogP contribution in [0.2, 0.25) is 5.02 Å². The van der Waals surface area contributed by atoms with Crippen LogP contribution in [0.1, 0.15) is 37.8 Å². The number of thiazole rings is 1. The lowest BCUT2D eigenvalue weighted by Gasteiger charge is -2.27. The van der Waals surface area contributed by atoms with Gasteiger partial charge in [-0.2, -0.15) is 0 Å². The molecule has 130 valence electrons. The molecule has 4 rings (SSSR count). The lowest BCUT2D eigenvalue weighted by atomic mass is 9.88. The Morgan fingerprint density at radius 3 is 2.92 bits per heavy atom. The van der Waals surface area contributed by atoms with Crippen molar-refractivity contribution < 1.29 is 4.79 Å². The summed E-state index contributed by atoms with van der Waals surface area (Å²) in [5, 5.41) is 1.41. The third-order valence-electron chi connectivity index (χ3n) is 4.67. The molecule has 1 N–H and O–H groups in total. The number of nitrogens with zero attached hydrogens (tertiary/aromatic N) is 3. The molecule has 2 heterocycles. The molecule has 1 aromatic carbocycles. The molecule has 7 heteroatoms. The average molecular weight is 375 g/mol. The summed E-state index contributed by atoms with van der Waals surface area (Å²) in [5.74, 6) is 0.256.